The fraction of sp³-hybridized carbons (Fsp3) is 0.364. The summed E-state index contributed by atoms with van der Waals surface area (Å²) in [6, 6.07) is 9.36. The van der Waals surface area contributed by atoms with E-state index in [1.54, 1.807) is 15.9 Å². The van der Waals surface area contributed by atoms with Crippen LogP contribution in [-0.4, -0.2) is 40.8 Å². The van der Waals surface area contributed by atoms with E-state index in [0.717, 1.165) is 36.1 Å². The van der Waals surface area contributed by atoms with Crippen LogP contribution in [0, 0.1) is 0 Å². The summed E-state index contributed by atoms with van der Waals surface area (Å²) in [5.74, 6) is -0.808. The molecule has 9 heteroatoms. The molecule has 1 amide bonds. The second kappa shape index (κ2) is 9.65. The van der Waals surface area contributed by atoms with Crippen LogP contribution in [0.5, 0.6) is 0 Å². The Morgan fingerprint density at radius 2 is 1.97 bits per heavy atom. The lowest BCUT2D eigenvalue weighted by atomic mass is 10.1. The lowest BCUT2D eigenvalue weighted by Gasteiger charge is -2.12. The number of methoxy groups -OCH3 is 1. The molecule has 4 rings (SSSR count). The number of para-hydroxylation sites is 1. The summed E-state index contributed by atoms with van der Waals surface area (Å²) in [5, 5.41) is 3.69. The first kappa shape index (κ1) is 21.6. The number of amides is 1. The van der Waals surface area contributed by atoms with Gasteiger partial charge in [0, 0.05) is 4.88 Å². The molecule has 3 aromatic rings. The van der Waals surface area contributed by atoms with Gasteiger partial charge in [0.1, 0.15) is 11.4 Å². The average molecular weight is 458 g/mol. The lowest BCUT2D eigenvalue weighted by Crippen LogP contribution is -2.31. The van der Waals surface area contributed by atoms with E-state index in [0.29, 0.717) is 16.2 Å². The van der Waals surface area contributed by atoms with Crippen molar-refractivity contribution in [1.29, 1.82) is 0 Å². The number of rotatable bonds is 6. The lowest BCUT2D eigenvalue weighted by molar-refractivity contribution is -0.140. The van der Waals surface area contributed by atoms with Crippen molar-refractivity contribution in [1.82, 2.24) is 14.9 Å². The van der Waals surface area contributed by atoms with Gasteiger partial charge in [-0.2, -0.15) is 0 Å². The molecule has 0 saturated heterocycles. The summed E-state index contributed by atoms with van der Waals surface area (Å²) < 4.78 is 6.13. The molecule has 0 spiro atoms. The highest BCUT2D eigenvalue weighted by Crippen LogP contribution is 2.34. The third-order valence-electron chi connectivity index (χ3n) is 5.21. The summed E-state index contributed by atoms with van der Waals surface area (Å²) >= 11 is 2.78. The van der Waals surface area contributed by atoms with E-state index >= 15 is 0 Å². The number of nitrogens with one attached hydrogen (secondary N) is 1. The molecular formula is C22H23N3O4S2. The number of ether oxygens (including phenoxy) is 1. The molecule has 7 nitrogen and oxygen atoms in total. The Morgan fingerprint density at radius 1 is 1.19 bits per heavy atom. The number of carbonyl (C=O) groups excluding carboxylic acids is 2. The largest absolute Gasteiger partial charge is 0.468 e. The number of carbonyl (C=O) groups is 2. The molecule has 0 atom stereocenters. The maximum atomic E-state index is 13.6. The van der Waals surface area contributed by atoms with Gasteiger partial charge >= 0.3 is 5.97 Å². The second-order valence-electron chi connectivity index (χ2n) is 7.26. The van der Waals surface area contributed by atoms with Crippen molar-refractivity contribution in [2.75, 3.05) is 19.4 Å². The van der Waals surface area contributed by atoms with Gasteiger partial charge < -0.3 is 10.1 Å². The normalized spacial score (nSPS) is 13.5. The van der Waals surface area contributed by atoms with E-state index in [4.69, 9.17) is 4.98 Å². The van der Waals surface area contributed by atoms with Crippen molar-refractivity contribution in [2.24, 2.45) is 0 Å². The van der Waals surface area contributed by atoms with Gasteiger partial charge in [-0.3, -0.25) is 19.0 Å². The molecule has 1 aliphatic rings. The number of aryl methyl sites for hydroxylation is 2. The maximum absolute atomic E-state index is 13.6. The molecule has 1 N–H and O–H groups in total. The van der Waals surface area contributed by atoms with E-state index in [1.165, 1.54) is 30.2 Å². The highest BCUT2D eigenvalue weighted by molar-refractivity contribution is 7.99. The molecule has 1 aromatic carbocycles. The van der Waals surface area contributed by atoms with E-state index in [-0.39, 0.29) is 23.8 Å². The fourth-order valence-corrected chi connectivity index (χ4v) is 5.83. The van der Waals surface area contributed by atoms with Crippen molar-refractivity contribution in [3.8, 4) is 5.69 Å². The number of benzene rings is 1. The van der Waals surface area contributed by atoms with Gasteiger partial charge in [-0.1, -0.05) is 36.4 Å². The molecular weight excluding hydrogens is 434 g/mol. The number of thiophene rings is 1. The van der Waals surface area contributed by atoms with E-state index < -0.39 is 5.97 Å². The molecule has 0 radical (unpaired) electrons. The third-order valence-corrected chi connectivity index (χ3v) is 7.34. The Labute approximate surface area is 187 Å². The minimum absolute atomic E-state index is 0.0346. The summed E-state index contributed by atoms with van der Waals surface area (Å²) in [4.78, 5) is 43.9. The smallest absolute Gasteiger partial charge is 0.325 e. The minimum Gasteiger partial charge on any atom is -0.468 e. The molecule has 0 fully saturated rings. The highest BCUT2D eigenvalue weighted by atomic mass is 32.2. The predicted molar refractivity (Wildman–Crippen MR) is 122 cm³/mol. The van der Waals surface area contributed by atoms with Crippen molar-refractivity contribution in [3.63, 3.8) is 0 Å². The summed E-state index contributed by atoms with van der Waals surface area (Å²) in [7, 11) is 1.27. The number of thioether (sulfide) groups is 1. The van der Waals surface area contributed by atoms with Crippen LogP contribution in [-0.2, 0) is 27.2 Å². The van der Waals surface area contributed by atoms with Gasteiger partial charge in [-0.05, 0) is 43.4 Å². The van der Waals surface area contributed by atoms with E-state index in [1.807, 2.05) is 30.3 Å². The third kappa shape index (κ3) is 4.67. The number of nitrogens with zero attached hydrogens (tertiary/aromatic N) is 2. The molecule has 0 unspecified atom stereocenters. The van der Waals surface area contributed by atoms with Gasteiger partial charge in [0.2, 0.25) is 5.91 Å². The Kier molecular flexibility index (Phi) is 6.72. The van der Waals surface area contributed by atoms with Crippen molar-refractivity contribution in [3.05, 3.63) is 51.1 Å². The average Bonchev–Trinajstić information content (AvgIpc) is 2.97. The Bertz CT molecular complexity index is 1170. The van der Waals surface area contributed by atoms with Crippen LogP contribution in [0.4, 0.5) is 0 Å². The van der Waals surface area contributed by atoms with E-state index in [9.17, 15) is 14.4 Å². The Balaban J connectivity index is 1.72. The zero-order valence-corrected chi connectivity index (χ0v) is 18.8. The summed E-state index contributed by atoms with van der Waals surface area (Å²) in [6.07, 6.45) is 5.29. The quantitative estimate of drug-likeness (QED) is 0.265. The first-order valence-corrected chi connectivity index (χ1v) is 12.0. The van der Waals surface area contributed by atoms with Crippen LogP contribution in [0.15, 0.2) is 40.3 Å². The van der Waals surface area contributed by atoms with Crippen LogP contribution in [0.2, 0.25) is 0 Å². The fourth-order valence-electron chi connectivity index (χ4n) is 3.69. The topological polar surface area (TPSA) is 90.3 Å². The minimum atomic E-state index is -0.515. The number of hydrogen-bond acceptors (Lipinski definition) is 7. The van der Waals surface area contributed by atoms with Gasteiger partial charge in [-0.15, -0.1) is 11.3 Å². The number of esters is 1. The number of fused-ring (bicyclic) bond motifs is 3. The molecule has 0 saturated carbocycles. The van der Waals surface area contributed by atoms with Crippen LogP contribution in [0.3, 0.4) is 0 Å². The number of hydrogen-bond donors (Lipinski definition) is 1. The van der Waals surface area contributed by atoms with Crippen molar-refractivity contribution in [2.45, 2.75) is 37.3 Å². The standard InChI is InChI=1S/C22H23N3O4S2/c1-29-18(27)12-23-17(26)13-30-22-24-20-19(15-10-6-3-7-11-16(15)31-20)21(28)25(22)14-8-4-2-5-9-14/h2,4-5,8-9H,3,6-7,10-13H2,1H3,(H,23,26). The van der Waals surface area contributed by atoms with Gasteiger partial charge in [0.15, 0.2) is 5.16 Å². The maximum Gasteiger partial charge on any atom is 0.325 e. The first-order valence-electron chi connectivity index (χ1n) is 10.2. The number of aromatic nitrogens is 2. The molecule has 31 heavy (non-hydrogen) atoms. The van der Waals surface area contributed by atoms with Gasteiger partial charge in [0.25, 0.3) is 5.56 Å². The van der Waals surface area contributed by atoms with Crippen molar-refractivity contribution >= 4 is 45.2 Å². The molecule has 162 valence electrons. The van der Waals surface area contributed by atoms with Crippen LogP contribution in [0.25, 0.3) is 15.9 Å². The van der Waals surface area contributed by atoms with Crippen molar-refractivity contribution < 1.29 is 14.3 Å². The van der Waals surface area contributed by atoms with E-state index in [2.05, 4.69) is 10.1 Å². The Hall–Kier alpha value is -2.65. The van der Waals surface area contributed by atoms with Crippen LogP contribution < -0.4 is 10.9 Å². The van der Waals surface area contributed by atoms with Gasteiger partial charge in [-0.25, -0.2) is 4.98 Å². The van der Waals surface area contributed by atoms with Crippen LogP contribution >= 0.6 is 23.1 Å². The van der Waals surface area contributed by atoms with Crippen LogP contribution in [0.1, 0.15) is 29.7 Å². The SMILES string of the molecule is COC(=O)CNC(=O)CSc1nc2sc3c(c2c(=O)n1-c1ccccc1)CCCCC3. The summed E-state index contributed by atoms with van der Waals surface area (Å²) in [6.45, 7) is -0.189. The highest BCUT2D eigenvalue weighted by Gasteiger charge is 2.22. The zero-order chi connectivity index (χ0) is 21.8. The molecule has 0 bridgehead atoms. The monoisotopic (exact) mass is 457 g/mol. The first-order chi connectivity index (χ1) is 15.1. The molecule has 2 heterocycles. The zero-order valence-electron chi connectivity index (χ0n) is 17.2. The Morgan fingerprint density at radius 3 is 2.74 bits per heavy atom. The second-order valence-corrected chi connectivity index (χ2v) is 9.28. The predicted octanol–water partition coefficient (Wildman–Crippen LogP) is 3.10. The van der Waals surface area contributed by atoms with Gasteiger partial charge in [0.05, 0.1) is 23.9 Å². The molecule has 2 aromatic heterocycles. The summed E-state index contributed by atoms with van der Waals surface area (Å²) in [5.41, 5.74) is 1.77. The molecule has 1 aliphatic carbocycles. The molecule has 0 aliphatic heterocycles.